The van der Waals surface area contributed by atoms with Crippen LogP contribution in [0.15, 0.2) is 115 Å². The van der Waals surface area contributed by atoms with Crippen LogP contribution in [-0.4, -0.2) is 265 Å². The molecule has 0 saturated carbocycles. The normalized spacial score (nSPS) is 23.1. The first-order valence-electron chi connectivity index (χ1n) is 45.1. The van der Waals surface area contributed by atoms with E-state index in [1.807, 2.05) is 0 Å². The minimum Gasteiger partial charge on any atom is -0.508 e. The van der Waals surface area contributed by atoms with Gasteiger partial charge in [0.25, 0.3) is 0 Å². The topological polar surface area (TPSA) is 699 Å². The number of carbonyl (C=O) groups excluding carboxylic acids is 20. The number of likely N-dealkylation sites (N-methyl/N-ethyl adjacent to an activating group) is 1. The Bertz CT molecular complexity index is 5400. The van der Waals surface area contributed by atoms with Gasteiger partial charge in [0, 0.05) is 99.0 Å². The molecule has 15 amide bonds. The SMILES string of the molecule is CC[C@@H]1NC(=O)[C@@H]2CSCc3cc(cc(c3)CSC[C@H](CC(=O)[C@H](C)NC(=O)CN(C)C(=O)CCN)C(=O)N[C@H](C)C(=O)N[C@@H](CC(N)=O)C(=O)N[C@@H](CCC(=O)O)C(=O)C[C@@H](Cc3cccc4ccccc34)C(=O)N[C@H](C)C(=O)N2)CSC[C@@H](C(N)=O)CC(=O)[C@H](C(C)(C)C)NC(=O)[C@H](CC(=O)O)NC(=O)[C@H](Cc2ccc(O)cc2)NC(=O)[C@H](Cc2ccccc2)NC(=O)[C@H](CC(=O)O)NC1=O.O=C=O. The second-order valence-electron chi connectivity index (χ2n) is 35.2. The molecule has 0 radical (unpaired) electrons. The largest absolute Gasteiger partial charge is 0.508 e. The highest BCUT2D eigenvalue weighted by Gasteiger charge is 2.42. The third-order valence-corrected chi connectivity index (χ3v) is 26.1. The summed E-state index contributed by atoms with van der Waals surface area (Å²) in [5.74, 6) is -28.1. The van der Waals surface area contributed by atoms with E-state index in [2.05, 4.69) is 63.8 Å². The number of amides is 15. The molecule has 7 rings (SSSR count). The fourth-order valence-corrected chi connectivity index (χ4v) is 18.3. The summed E-state index contributed by atoms with van der Waals surface area (Å²) in [5.41, 5.74) is 18.7. The monoisotopic (exact) mass is 2010 g/mol. The Kier molecular flexibility index (Phi) is 46.7. The highest BCUT2D eigenvalue weighted by atomic mass is 32.2. The van der Waals surface area contributed by atoms with Crippen LogP contribution in [-0.2, 0) is 147 Å². The molecule has 0 aromatic heterocycles. The second kappa shape index (κ2) is 56.9. The van der Waals surface area contributed by atoms with Crippen molar-refractivity contribution in [1.29, 1.82) is 0 Å². The number of aromatic hydroxyl groups is 1. The number of primary amides is 2. The van der Waals surface area contributed by atoms with E-state index < -0.39 is 290 Å². The van der Waals surface area contributed by atoms with Crippen LogP contribution in [0.5, 0.6) is 5.75 Å². The molecule has 762 valence electrons. The predicted octanol–water partition coefficient (Wildman–Crippen LogP) is -0.542. The van der Waals surface area contributed by atoms with Gasteiger partial charge >= 0.3 is 24.1 Å². The number of phenols is 1. The van der Waals surface area contributed by atoms with Crippen molar-refractivity contribution in [2.45, 2.75) is 222 Å². The second-order valence-corrected chi connectivity index (χ2v) is 38.3. The van der Waals surface area contributed by atoms with Crippen LogP contribution in [0, 0.1) is 23.2 Å². The molecule has 2 heterocycles. The number of hydrogen-bond donors (Lipinski definition) is 19. The predicted molar refractivity (Wildman–Crippen MR) is 515 cm³/mol. The number of hydrogen-bond acceptors (Lipinski definition) is 28. The van der Waals surface area contributed by atoms with Crippen LogP contribution in [0.4, 0.5) is 0 Å². The van der Waals surface area contributed by atoms with Gasteiger partial charge in [0.1, 0.15) is 60.1 Å². The average Bonchev–Trinajstić information content (AvgIpc) is 0.888. The number of fused-ring (bicyclic) bond motifs is 6. The Balaban J connectivity index is 0.0000100. The van der Waals surface area contributed by atoms with Crippen LogP contribution < -0.4 is 81.0 Å². The Labute approximate surface area is 824 Å². The first-order valence-corrected chi connectivity index (χ1v) is 48.6. The summed E-state index contributed by atoms with van der Waals surface area (Å²) in [7, 11) is 1.35. The Morgan fingerprint density at radius 3 is 1.48 bits per heavy atom. The number of rotatable bonds is 25. The number of carbonyl (C=O) groups is 21. The van der Waals surface area contributed by atoms with Gasteiger partial charge in [-0.05, 0) is 102 Å². The van der Waals surface area contributed by atoms with Gasteiger partial charge < -0.3 is 106 Å². The Morgan fingerprint density at radius 2 is 0.950 bits per heavy atom. The number of carboxylic acid groups (broad SMARTS) is 3. The molecule has 0 fully saturated rings. The maximum absolute atomic E-state index is 15.3. The molecule has 0 spiro atoms. The fraction of sp³-hybridized carbons (Fsp3) is 0.474. The minimum atomic E-state index is -2.08. The van der Waals surface area contributed by atoms with Crippen LogP contribution >= 0.6 is 35.3 Å². The van der Waals surface area contributed by atoms with E-state index in [9.17, 15) is 102 Å². The van der Waals surface area contributed by atoms with E-state index in [1.165, 1.54) is 59.0 Å². The highest BCUT2D eigenvalue weighted by Crippen LogP contribution is 2.31. The van der Waals surface area contributed by atoms with Crippen molar-refractivity contribution in [1.82, 2.24) is 68.7 Å². The molecule has 43 nitrogen and oxygen atoms in total. The summed E-state index contributed by atoms with van der Waals surface area (Å²) in [6, 6.07) is 9.63. The first kappa shape index (κ1) is 116. The van der Waals surface area contributed by atoms with Crippen LogP contribution in [0.2, 0.25) is 0 Å². The zero-order valence-corrected chi connectivity index (χ0v) is 81.5. The summed E-state index contributed by atoms with van der Waals surface area (Å²) in [6.07, 6.45) is -7.97. The lowest BCUT2D eigenvalue weighted by molar-refractivity contribution is -0.192. The van der Waals surface area contributed by atoms with Gasteiger partial charge in [0.05, 0.1) is 55.8 Å². The van der Waals surface area contributed by atoms with Gasteiger partial charge in [-0.3, -0.25) is 101 Å². The van der Waals surface area contributed by atoms with Crippen LogP contribution in [0.3, 0.4) is 0 Å². The van der Waals surface area contributed by atoms with E-state index in [1.54, 1.807) is 112 Å². The maximum Gasteiger partial charge on any atom is 0.373 e. The van der Waals surface area contributed by atoms with E-state index in [0.29, 0.717) is 38.6 Å². The van der Waals surface area contributed by atoms with Crippen molar-refractivity contribution in [3.05, 3.63) is 149 Å². The molecule has 46 heteroatoms. The number of carboxylic acids is 3. The maximum atomic E-state index is 15.3. The molecule has 0 aliphatic carbocycles. The molecule has 22 N–H and O–H groups in total. The van der Waals surface area contributed by atoms with E-state index in [4.69, 9.17) is 26.8 Å². The van der Waals surface area contributed by atoms with Crippen molar-refractivity contribution in [2.75, 3.05) is 37.4 Å². The smallest absolute Gasteiger partial charge is 0.373 e. The summed E-state index contributed by atoms with van der Waals surface area (Å²) >= 11 is 3.25. The highest BCUT2D eigenvalue weighted by molar-refractivity contribution is 7.99. The number of aliphatic carboxylic acids is 3. The summed E-state index contributed by atoms with van der Waals surface area (Å²) in [5, 5.41) is 72.3. The zero-order valence-electron chi connectivity index (χ0n) is 79.1. The third-order valence-electron chi connectivity index (χ3n) is 22.7. The molecule has 5 aromatic carbocycles. The lowest BCUT2D eigenvalue weighted by Gasteiger charge is -2.32. The number of ketones is 3. The van der Waals surface area contributed by atoms with Crippen molar-refractivity contribution < 1.29 is 131 Å². The third kappa shape index (κ3) is 39.0. The van der Waals surface area contributed by atoms with Gasteiger partial charge in [0.15, 0.2) is 17.3 Å². The molecule has 2 aliphatic rings. The molecular weight excluding hydrogens is 1890 g/mol. The number of nitrogens with zero attached hydrogens (tertiary/aromatic N) is 1. The quantitative estimate of drug-likeness (QED) is 0.0349. The summed E-state index contributed by atoms with van der Waals surface area (Å²) in [6.45, 7) is 9.36. The fourth-order valence-electron chi connectivity index (χ4n) is 15.1. The van der Waals surface area contributed by atoms with Crippen molar-refractivity contribution >= 4 is 176 Å². The number of phenolic OH excluding ortho intramolecular Hbond substituents is 1. The van der Waals surface area contributed by atoms with Gasteiger partial charge in [-0.25, -0.2) is 0 Å². The van der Waals surface area contributed by atoms with Crippen LogP contribution in [0.25, 0.3) is 10.8 Å². The van der Waals surface area contributed by atoms with E-state index in [0.717, 1.165) is 40.2 Å². The van der Waals surface area contributed by atoms with Gasteiger partial charge in [0.2, 0.25) is 88.6 Å². The van der Waals surface area contributed by atoms with E-state index in [-0.39, 0.29) is 77.8 Å². The van der Waals surface area contributed by atoms with Gasteiger partial charge in [-0.15, -0.1) is 0 Å². The molecule has 0 unspecified atom stereocenters. The molecule has 4 bridgehead atoms. The Morgan fingerprint density at radius 1 is 0.489 bits per heavy atom. The minimum absolute atomic E-state index is 0.00144. The molecule has 5 aromatic rings. The van der Waals surface area contributed by atoms with Crippen molar-refractivity contribution in [3.8, 4) is 5.75 Å². The number of nitrogens with two attached hydrogens (primary N) is 3. The molecule has 141 heavy (non-hydrogen) atoms. The van der Waals surface area contributed by atoms with E-state index >= 15 is 19.2 Å². The first-order chi connectivity index (χ1) is 66.6. The van der Waals surface area contributed by atoms with Gasteiger partial charge in [-0.2, -0.15) is 44.9 Å². The standard InChI is InChI=1S/C94H122N16O25S3.CO2/c1-9-64-87(129)106-69(40-79(120)121)91(133)105-66(33-52-16-11-10-12-17-52)88(130)104-67(34-53-22-24-62(111)25-23-53)89(131)107-70(41-80(122)123)92(134)109-81(94(5,6)7)74(114)37-60(82(97)124)46-136-43-54-30-55-32-56(31-54)45-138-48-71(93(135)101-64)108-84(126)51(4)99-85(127)59(35-58-20-15-19-57-18-13-14-21-63(57)58)36-73(113)65(26-27-78(118)119)102-90(132)68(39-75(96)115)103-83(125)50(3)100-86(128)61(47-137-44-55)38-72(112)49(2)98-76(116)42-110(8)77(117)28-29-95;2-1-3/h10-25,30-32,49-51,59-61,64-71,81,111H,9,26-29,33-48,95H2,1-8H3,(H2,96,115)(H2,97,124)(H,98,116)(H,99,127)(H,100,128)(H,101,135)(H,102,132)(H,103,125)(H,104,130)(H,105,133)(H,106,129)(H,107,131)(H,108,126)(H,109,134)(H,118,119)(H,120,121)(H,122,123);/t49-,50+,51+,59+,60-,61-,64-,65-,66-,67-,68-,69-,70-,71-,81+;/m0./s1. The number of nitrogens with one attached hydrogen (secondary N) is 12. The zero-order chi connectivity index (χ0) is 105. The Hall–Kier alpha value is -14.0. The number of thioether (sulfide) groups is 3. The number of benzene rings is 5. The van der Waals surface area contributed by atoms with Crippen molar-refractivity contribution in [2.24, 2.45) is 40.4 Å². The molecule has 15 atom stereocenters. The lowest BCUT2D eigenvalue weighted by Crippen LogP contribution is -2.61. The van der Waals surface area contributed by atoms with Gasteiger partial charge in [-0.1, -0.05) is 131 Å². The average molecular weight is 2020 g/mol. The molecule has 0 saturated heterocycles. The molecule has 2 aliphatic heterocycles. The van der Waals surface area contributed by atoms with Crippen LogP contribution in [0.1, 0.15) is 146 Å². The number of Topliss-reactive ketones (excluding diaryl/α,β-unsaturated/α-hetero) is 3. The summed E-state index contributed by atoms with van der Waals surface area (Å²) < 4.78 is 0. The lowest BCUT2D eigenvalue weighted by atomic mass is 9.81. The summed E-state index contributed by atoms with van der Waals surface area (Å²) in [4.78, 5) is 315. The van der Waals surface area contributed by atoms with Crippen molar-refractivity contribution in [3.63, 3.8) is 0 Å². The molecular formula is C95H122N16O27S3.